The lowest BCUT2D eigenvalue weighted by atomic mass is 10.2. The van der Waals surface area contributed by atoms with Gasteiger partial charge in [-0.05, 0) is 24.1 Å². The molecule has 0 fully saturated rings. The average molecular weight is 249 g/mol. The van der Waals surface area contributed by atoms with Gasteiger partial charge in [-0.2, -0.15) is 11.8 Å². The van der Waals surface area contributed by atoms with Gasteiger partial charge >= 0.3 is 0 Å². The van der Waals surface area contributed by atoms with Crippen molar-refractivity contribution < 1.29 is 0 Å². The van der Waals surface area contributed by atoms with E-state index in [0.717, 1.165) is 28.3 Å². The highest BCUT2D eigenvalue weighted by atomic mass is 32.2. The zero-order valence-electron chi connectivity index (χ0n) is 10.5. The fourth-order valence-electron chi connectivity index (χ4n) is 1.55. The quantitative estimate of drug-likeness (QED) is 0.816. The van der Waals surface area contributed by atoms with Crippen molar-refractivity contribution in [2.24, 2.45) is 5.92 Å². The van der Waals surface area contributed by atoms with Gasteiger partial charge in [0.25, 0.3) is 0 Å². The Labute approximate surface area is 106 Å². The van der Waals surface area contributed by atoms with Crippen LogP contribution in [0.2, 0.25) is 0 Å². The molecule has 0 radical (unpaired) electrons. The highest BCUT2D eigenvalue weighted by Crippen LogP contribution is 2.23. The molecule has 0 spiro atoms. The minimum absolute atomic E-state index is 0.647. The van der Waals surface area contributed by atoms with Gasteiger partial charge in [0.15, 0.2) is 0 Å². The molecular formula is C13H19N3S. The van der Waals surface area contributed by atoms with E-state index >= 15 is 0 Å². The van der Waals surface area contributed by atoms with E-state index in [9.17, 15) is 0 Å². The van der Waals surface area contributed by atoms with E-state index in [-0.39, 0.29) is 0 Å². The number of fused-ring (bicyclic) bond motifs is 1. The number of aromatic amines is 1. The average Bonchev–Trinajstić information content (AvgIpc) is 2.67. The number of hydrogen-bond acceptors (Lipinski definition) is 3. The summed E-state index contributed by atoms with van der Waals surface area (Å²) in [7, 11) is 0. The predicted octanol–water partition coefficient (Wildman–Crippen LogP) is 3.42. The van der Waals surface area contributed by atoms with E-state index in [1.54, 1.807) is 0 Å². The van der Waals surface area contributed by atoms with Crippen molar-refractivity contribution in [3.63, 3.8) is 0 Å². The van der Waals surface area contributed by atoms with E-state index in [2.05, 4.69) is 30.7 Å². The summed E-state index contributed by atoms with van der Waals surface area (Å²) in [5, 5.41) is 0.647. The van der Waals surface area contributed by atoms with Gasteiger partial charge in [0, 0.05) is 10.9 Å². The van der Waals surface area contributed by atoms with Gasteiger partial charge in [-0.15, -0.1) is 0 Å². The molecule has 0 aliphatic carbocycles. The molecule has 2 rings (SSSR count). The first kappa shape index (κ1) is 12.3. The molecular weight excluding hydrogens is 230 g/mol. The molecule has 92 valence electrons. The van der Waals surface area contributed by atoms with Gasteiger partial charge in [0.05, 0.1) is 16.8 Å². The maximum Gasteiger partial charge on any atom is 0.117 e. The fraction of sp³-hybridized carbons (Fsp3) is 0.462. The number of benzene rings is 1. The molecule has 1 atom stereocenters. The monoisotopic (exact) mass is 249 g/mol. The summed E-state index contributed by atoms with van der Waals surface area (Å²) in [6, 6.07) is 5.78. The van der Waals surface area contributed by atoms with Crippen LogP contribution in [0.15, 0.2) is 18.2 Å². The Morgan fingerprint density at radius 3 is 2.82 bits per heavy atom. The van der Waals surface area contributed by atoms with E-state index in [4.69, 9.17) is 5.73 Å². The lowest BCUT2D eigenvalue weighted by Gasteiger charge is -2.13. The molecule has 1 aromatic heterocycles. The van der Waals surface area contributed by atoms with Gasteiger partial charge in [0.1, 0.15) is 5.82 Å². The number of nitrogens with one attached hydrogen (secondary N) is 1. The van der Waals surface area contributed by atoms with Crippen LogP contribution in [-0.4, -0.2) is 15.2 Å². The molecule has 0 bridgehead atoms. The van der Waals surface area contributed by atoms with Crippen LogP contribution in [0.4, 0.5) is 5.69 Å². The predicted molar refractivity (Wildman–Crippen MR) is 76.1 cm³/mol. The first-order valence-electron chi connectivity index (χ1n) is 5.92. The van der Waals surface area contributed by atoms with E-state index in [1.807, 2.05) is 30.0 Å². The van der Waals surface area contributed by atoms with Crippen molar-refractivity contribution in [2.45, 2.75) is 31.8 Å². The number of imidazole rings is 1. The maximum atomic E-state index is 5.74. The van der Waals surface area contributed by atoms with Crippen molar-refractivity contribution >= 4 is 28.5 Å². The van der Waals surface area contributed by atoms with E-state index < -0.39 is 0 Å². The third kappa shape index (κ3) is 2.94. The summed E-state index contributed by atoms with van der Waals surface area (Å²) in [6.45, 7) is 6.75. The summed E-state index contributed by atoms with van der Waals surface area (Å²) >= 11 is 1.93. The van der Waals surface area contributed by atoms with Crippen molar-refractivity contribution in [3.05, 3.63) is 24.0 Å². The second-order valence-corrected chi connectivity index (χ2v) is 6.09. The Morgan fingerprint density at radius 1 is 1.35 bits per heavy atom. The molecule has 0 saturated heterocycles. The number of rotatable bonds is 4. The fourth-order valence-corrected chi connectivity index (χ4v) is 2.49. The van der Waals surface area contributed by atoms with Crippen molar-refractivity contribution in [2.75, 3.05) is 5.73 Å². The molecule has 3 N–H and O–H groups in total. The lowest BCUT2D eigenvalue weighted by molar-refractivity contribution is 0.642. The molecule has 1 aromatic carbocycles. The topological polar surface area (TPSA) is 54.7 Å². The second-order valence-electron chi connectivity index (χ2n) is 4.72. The molecule has 17 heavy (non-hydrogen) atoms. The SMILES string of the molecule is CC(C)C(C)SCc1nc2ccc(N)cc2[nH]1. The Bertz CT molecular complexity index is 504. The van der Waals surface area contributed by atoms with Crippen molar-refractivity contribution in [3.8, 4) is 0 Å². The van der Waals surface area contributed by atoms with E-state index in [0.29, 0.717) is 11.2 Å². The summed E-state index contributed by atoms with van der Waals surface area (Å²) in [6.07, 6.45) is 0. The molecule has 1 unspecified atom stereocenters. The largest absolute Gasteiger partial charge is 0.399 e. The number of nitrogens with zero attached hydrogens (tertiary/aromatic N) is 1. The Hall–Kier alpha value is -1.16. The van der Waals surface area contributed by atoms with Crippen LogP contribution in [0.5, 0.6) is 0 Å². The number of hydrogen-bond donors (Lipinski definition) is 2. The molecule has 0 saturated carbocycles. The zero-order valence-corrected chi connectivity index (χ0v) is 11.3. The molecule has 0 amide bonds. The summed E-state index contributed by atoms with van der Waals surface area (Å²) in [4.78, 5) is 7.87. The molecule has 0 aliphatic heterocycles. The van der Waals surface area contributed by atoms with Gasteiger partial charge < -0.3 is 10.7 Å². The first-order chi connectivity index (χ1) is 8.06. The second kappa shape index (κ2) is 5.00. The highest BCUT2D eigenvalue weighted by molar-refractivity contribution is 7.99. The summed E-state index contributed by atoms with van der Waals surface area (Å²) in [5.41, 5.74) is 8.53. The van der Waals surface area contributed by atoms with Crippen LogP contribution in [0.1, 0.15) is 26.6 Å². The van der Waals surface area contributed by atoms with Crippen LogP contribution in [-0.2, 0) is 5.75 Å². The number of anilines is 1. The van der Waals surface area contributed by atoms with Gasteiger partial charge in [-0.3, -0.25) is 0 Å². The van der Waals surface area contributed by atoms with Crippen LogP contribution in [0.25, 0.3) is 11.0 Å². The molecule has 1 heterocycles. The minimum atomic E-state index is 0.647. The maximum absolute atomic E-state index is 5.74. The molecule has 4 heteroatoms. The smallest absolute Gasteiger partial charge is 0.117 e. The Kier molecular flexibility index (Phi) is 3.62. The number of aromatic nitrogens is 2. The Balaban J connectivity index is 2.09. The highest BCUT2D eigenvalue weighted by Gasteiger charge is 2.09. The molecule has 0 aliphatic rings. The number of thioether (sulfide) groups is 1. The minimum Gasteiger partial charge on any atom is -0.399 e. The summed E-state index contributed by atoms with van der Waals surface area (Å²) < 4.78 is 0. The summed E-state index contributed by atoms with van der Waals surface area (Å²) in [5.74, 6) is 2.65. The molecule has 3 nitrogen and oxygen atoms in total. The first-order valence-corrected chi connectivity index (χ1v) is 6.97. The number of H-pyrrole nitrogens is 1. The standard InChI is InChI=1S/C13H19N3S/c1-8(2)9(3)17-7-13-15-11-5-4-10(14)6-12(11)16-13/h4-6,8-9H,7,14H2,1-3H3,(H,15,16). The van der Waals surface area contributed by atoms with Crippen molar-refractivity contribution in [1.29, 1.82) is 0 Å². The lowest BCUT2D eigenvalue weighted by Crippen LogP contribution is -2.06. The number of nitrogens with two attached hydrogens (primary N) is 1. The third-order valence-corrected chi connectivity index (χ3v) is 4.49. The van der Waals surface area contributed by atoms with Crippen LogP contribution in [0.3, 0.4) is 0 Å². The number of nitrogen functional groups attached to an aromatic ring is 1. The molecule has 2 aromatic rings. The third-order valence-electron chi connectivity index (χ3n) is 2.98. The zero-order chi connectivity index (χ0) is 12.4. The van der Waals surface area contributed by atoms with Crippen LogP contribution < -0.4 is 5.73 Å². The van der Waals surface area contributed by atoms with Crippen LogP contribution in [0, 0.1) is 5.92 Å². The van der Waals surface area contributed by atoms with Gasteiger partial charge in [-0.1, -0.05) is 20.8 Å². The van der Waals surface area contributed by atoms with Crippen molar-refractivity contribution in [1.82, 2.24) is 9.97 Å². The van der Waals surface area contributed by atoms with Gasteiger partial charge in [-0.25, -0.2) is 4.98 Å². The van der Waals surface area contributed by atoms with Gasteiger partial charge in [0.2, 0.25) is 0 Å². The van der Waals surface area contributed by atoms with Crippen LogP contribution >= 0.6 is 11.8 Å². The normalized spacial score (nSPS) is 13.4. The Morgan fingerprint density at radius 2 is 2.12 bits per heavy atom. The van der Waals surface area contributed by atoms with E-state index in [1.165, 1.54) is 0 Å².